The SMILES string of the molecule is CCCOc1c(Cl)cc(/C=C/C(=O)N2CCN(c3ccccc3)CC2)cc1OC. The van der Waals surface area contributed by atoms with Crippen LogP contribution >= 0.6 is 11.6 Å². The van der Waals surface area contributed by atoms with Gasteiger partial charge < -0.3 is 19.3 Å². The van der Waals surface area contributed by atoms with Crippen molar-refractivity contribution in [1.29, 1.82) is 0 Å². The summed E-state index contributed by atoms with van der Waals surface area (Å²) in [5.41, 5.74) is 1.99. The average Bonchev–Trinajstić information content (AvgIpc) is 2.77. The fraction of sp³-hybridized carbons (Fsp3) is 0.348. The van der Waals surface area contributed by atoms with Crippen LogP contribution < -0.4 is 14.4 Å². The van der Waals surface area contributed by atoms with E-state index in [2.05, 4.69) is 17.0 Å². The van der Waals surface area contributed by atoms with Gasteiger partial charge in [0.05, 0.1) is 18.7 Å². The van der Waals surface area contributed by atoms with E-state index in [-0.39, 0.29) is 5.91 Å². The first kappa shape index (κ1) is 21.1. The number of benzene rings is 2. The van der Waals surface area contributed by atoms with Crippen LogP contribution in [0.25, 0.3) is 6.08 Å². The first-order valence-corrected chi connectivity index (χ1v) is 10.3. The lowest BCUT2D eigenvalue weighted by atomic mass is 10.1. The highest BCUT2D eigenvalue weighted by Crippen LogP contribution is 2.36. The third-order valence-corrected chi connectivity index (χ3v) is 5.11. The minimum Gasteiger partial charge on any atom is -0.493 e. The van der Waals surface area contributed by atoms with E-state index < -0.39 is 0 Å². The average molecular weight is 415 g/mol. The number of piperazine rings is 1. The molecule has 154 valence electrons. The number of carbonyl (C=O) groups excluding carboxylic acids is 1. The van der Waals surface area contributed by atoms with Crippen molar-refractivity contribution < 1.29 is 14.3 Å². The van der Waals surface area contributed by atoms with Crippen molar-refractivity contribution in [2.45, 2.75) is 13.3 Å². The zero-order chi connectivity index (χ0) is 20.6. The fourth-order valence-electron chi connectivity index (χ4n) is 3.28. The molecule has 0 bridgehead atoms. The molecule has 1 saturated heterocycles. The van der Waals surface area contributed by atoms with E-state index in [0.29, 0.717) is 36.2 Å². The topological polar surface area (TPSA) is 42.0 Å². The highest BCUT2D eigenvalue weighted by Gasteiger charge is 2.19. The molecule has 5 nitrogen and oxygen atoms in total. The van der Waals surface area contributed by atoms with Gasteiger partial charge in [-0.3, -0.25) is 4.79 Å². The van der Waals surface area contributed by atoms with E-state index in [1.165, 1.54) is 5.69 Å². The molecule has 29 heavy (non-hydrogen) atoms. The molecule has 1 fully saturated rings. The second kappa shape index (κ2) is 10.2. The van der Waals surface area contributed by atoms with Gasteiger partial charge in [0.1, 0.15) is 0 Å². The number of methoxy groups -OCH3 is 1. The van der Waals surface area contributed by atoms with Crippen molar-refractivity contribution in [2.75, 3.05) is 44.8 Å². The van der Waals surface area contributed by atoms with Crippen molar-refractivity contribution in [1.82, 2.24) is 4.90 Å². The minimum atomic E-state index is -0.000824. The molecule has 0 unspecified atom stereocenters. The van der Waals surface area contributed by atoms with E-state index in [0.717, 1.165) is 25.1 Å². The summed E-state index contributed by atoms with van der Waals surface area (Å²) >= 11 is 6.35. The number of hydrogen-bond acceptors (Lipinski definition) is 4. The molecule has 6 heteroatoms. The molecule has 3 rings (SSSR count). The van der Waals surface area contributed by atoms with E-state index in [9.17, 15) is 4.79 Å². The van der Waals surface area contributed by atoms with Crippen LogP contribution in [0.2, 0.25) is 5.02 Å². The van der Waals surface area contributed by atoms with E-state index in [4.69, 9.17) is 21.1 Å². The van der Waals surface area contributed by atoms with E-state index in [1.54, 1.807) is 25.3 Å². The van der Waals surface area contributed by atoms with Crippen LogP contribution in [0.1, 0.15) is 18.9 Å². The van der Waals surface area contributed by atoms with Crippen molar-refractivity contribution >= 4 is 29.3 Å². The van der Waals surface area contributed by atoms with Gasteiger partial charge in [0, 0.05) is 37.9 Å². The van der Waals surface area contributed by atoms with Gasteiger partial charge in [-0.15, -0.1) is 0 Å². The Hall–Kier alpha value is -2.66. The Kier molecular flexibility index (Phi) is 7.42. The Labute approximate surface area is 177 Å². The number of ether oxygens (including phenoxy) is 2. The molecule has 0 atom stereocenters. The normalized spacial score (nSPS) is 14.3. The molecule has 1 heterocycles. The van der Waals surface area contributed by atoms with Crippen LogP contribution in [0.15, 0.2) is 48.5 Å². The molecule has 2 aromatic carbocycles. The molecule has 0 spiro atoms. The molecule has 2 aromatic rings. The number of halogens is 1. The summed E-state index contributed by atoms with van der Waals surface area (Å²) in [5, 5.41) is 0.473. The zero-order valence-electron chi connectivity index (χ0n) is 16.9. The smallest absolute Gasteiger partial charge is 0.246 e. The molecule has 0 radical (unpaired) electrons. The Morgan fingerprint density at radius 2 is 1.86 bits per heavy atom. The fourth-order valence-corrected chi connectivity index (χ4v) is 3.55. The quantitative estimate of drug-likeness (QED) is 0.625. The Balaban J connectivity index is 1.61. The van der Waals surface area contributed by atoms with Gasteiger partial charge in [-0.25, -0.2) is 0 Å². The molecular weight excluding hydrogens is 388 g/mol. The highest BCUT2D eigenvalue weighted by molar-refractivity contribution is 6.32. The van der Waals surface area contributed by atoms with Crippen molar-refractivity contribution in [3.63, 3.8) is 0 Å². The van der Waals surface area contributed by atoms with Crippen LogP contribution in [0.5, 0.6) is 11.5 Å². The van der Waals surface area contributed by atoms with E-state index >= 15 is 0 Å². The van der Waals surface area contributed by atoms with Crippen LogP contribution in [-0.2, 0) is 4.79 Å². The van der Waals surface area contributed by atoms with Crippen molar-refractivity contribution in [3.8, 4) is 11.5 Å². The number of hydrogen-bond donors (Lipinski definition) is 0. The molecule has 0 N–H and O–H groups in total. The number of rotatable bonds is 7. The Morgan fingerprint density at radius 3 is 2.52 bits per heavy atom. The first-order valence-electron chi connectivity index (χ1n) is 9.89. The van der Waals surface area contributed by atoms with Crippen molar-refractivity contribution in [3.05, 3.63) is 59.1 Å². The first-order chi connectivity index (χ1) is 14.1. The second-order valence-corrected chi connectivity index (χ2v) is 7.27. The second-order valence-electron chi connectivity index (χ2n) is 6.86. The minimum absolute atomic E-state index is 0.000824. The van der Waals surface area contributed by atoms with Crippen LogP contribution in [0, 0.1) is 0 Å². The summed E-state index contributed by atoms with van der Waals surface area (Å²) in [6.07, 6.45) is 4.24. The van der Waals surface area contributed by atoms with Gasteiger partial charge in [-0.05, 0) is 42.3 Å². The van der Waals surface area contributed by atoms with Gasteiger partial charge in [0.25, 0.3) is 0 Å². The third kappa shape index (κ3) is 5.45. The Bertz CT molecular complexity index is 847. The van der Waals surface area contributed by atoms with Gasteiger partial charge in [-0.1, -0.05) is 36.7 Å². The summed E-state index contributed by atoms with van der Waals surface area (Å²) in [6.45, 7) is 5.65. The summed E-state index contributed by atoms with van der Waals surface area (Å²) < 4.78 is 11.1. The molecule has 0 saturated carbocycles. The number of carbonyl (C=O) groups is 1. The third-order valence-electron chi connectivity index (χ3n) is 4.83. The number of anilines is 1. The van der Waals surface area contributed by atoms with Gasteiger partial charge in [0.2, 0.25) is 5.91 Å². The number of para-hydroxylation sites is 1. The largest absolute Gasteiger partial charge is 0.493 e. The zero-order valence-corrected chi connectivity index (χ0v) is 17.7. The maximum Gasteiger partial charge on any atom is 0.246 e. The van der Waals surface area contributed by atoms with Crippen molar-refractivity contribution in [2.24, 2.45) is 0 Å². The molecule has 1 aliphatic rings. The lowest BCUT2D eigenvalue weighted by Crippen LogP contribution is -2.48. The number of nitrogens with zero attached hydrogens (tertiary/aromatic N) is 2. The standard InChI is InChI=1S/C23H27ClN2O3/c1-3-15-29-23-20(24)16-18(17-21(23)28-2)9-10-22(27)26-13-11-25(12-14-26)19-7-5-4-6-8-19/h4-10,16-17H,3,11-15H2,1-2H3/b10-9+. The summed E-state index contributed by atoms with van der Waals surface area (Å²) in [5.74, 6) is 1.10. The highest BCUT2D eigenvalue weighted by atomic mass is 35.5. The van der Waals surface area contributed by atoms with Crippen LogP contribution in [-0.4, -0.2) is 50.7 Å². The lowest BCUT2D eigenvalue weighted by Gasteiger charge is -2.35. The molecule has 0 aromatic heterocycles. The van der Waals surface area contributed by atoms with Gasteiger partial charge in [0.15, 0.2) is 11.5 Å². The molecule has 0 aliphatic carbocycles. The van der Waals surface area contributed by atoms with E-state index in [1.807, 2.05) is 36.1 Å². The summed E-state index contributed by atoms with van der Waals surface area (Å²) in [7, 11) is 1.58. The molecular formula is C23H27ClN2O3. The van der Waals surface area contributed by atoms with Crippen LogP contribution in [0.4, 0.5) is 5.69 Å². The maximum absolute atomic E-state index is 12.6. The molecule has 1 amide bonds. The monoisotopic (exact) mass is 414 g/mol. The maximum atomic E-state index is 12.6. The Morgan fingerprint density at radius 1 is 1.14 bits per heavy atom. The van der Waals surface area contributed by atoms with Gasteiger partial charge >= 0.3 is 0 Å². The predicted molar refractivity (Wildman–Crippen MR) is 118 cm³/mol. The summed E-state index contributed by atoms with van der Waals surface area (Å²) in [4.78, 5) is 16.8. The lowest BCUT2D eigenvalue weighted by molar-refractivity contribution is -0.126. The molecule has 1 aliphatic heterocycles. The van der Waals surface area contributed by atoms with Crippen LogP contribution in [0.3, 0.4) is 0 Å². The summed E-state index contributed by atoms with van der Waals surface area (Å²) in [6, 6.07) is 13.9. The van der Waals surface area contributed by atoms with Gasteiger partial charge in [-0.2, -0.15) is 0 Å². The predicted octanol–water partition coefficient (Wildman–Crippen LogP) is 4.50. The number of amides is 1.